The molecule has 2 amide bonds. The Morgan fingerprint density at radius 2 is 1.44 bits per heavy atom. The molecule has 0 spiro atoms. The summed E-state index contributed by atoms with van der Waals surface area (Å²) in [6.07, 6.45) is -1.12. The van der Waals surface area contributed by atoms with Crippen LogP contribution in [0.3, 0.4) is 0 Å². The summed E-state index contributed by atoms with van der Waals surface area (Å²) in [6.45, 7) is 1.72. The van der Waals surface area contributed by atoms with E-state index < -0.39 is 21.8 Å². The number of sulfonamides is 1. The van der Waals surface area contributed by atoms with Gasteiger partial charge in [0.1, 0.15) is 0 Å². The Kier molecular flexibility index (Phi) is 7.18. The maximum Gasteiger partial charge on any atom is 0.416 e. The summed E-state index contributed by atoms with van der Waals surface area (Å²) < 4.78 is 62.9. The van der Waals surface area contributed by atoms with Crippen molar-refractivity contribution in [3.05, 3.63) is 35.4 Å². The lowest BCUT2D eigenvalue weighted by Crippen LogP contribution is -2.50. The van der Waals surface area contributed by atoms with E-state index in [1.807, 2.05) is 0 Å². The van der Waals surface area contributed by atoms with Crippen LogP contribution in [0.15, 0.2) is 24.3 Å². The van der Waals surface area contributed by atoms with Crippen molar-refractivity contribution in [3.63, 3.8) is 0 Å². The lowest BCUT2D eigenvalue weighted by atomic mass is 9.93. The molecular weight excluding hydrogens is 447 g/mol. The van der Waals surface area contributed by atoms with E-state index in [2.05, 4.69) is 0 Å². The van der Waals surface area contributed by atoms with Crippen molar-refractivity contribution in [1.82, 2.24) is 14.1 Å². The summed E-state index contributed by atoms with van der Waals surface area (Å²) in [5.74, 6) is -0.530. The van der Waals surface area contributed by atoms with Gasteiger partial charge in [-0.2, -0.15) is 13.2 Å². The fourth-order valence-corrected chi connectivity index (χ4v) is 5.05. The van der Waals surface area contributed by atoms with Crippen LogP contribution in [0.4, 0.5) is 13.2 Å². The molecular formula is C21H28F3N3O4S. The third kappa shape index (κ3) is 5.61. The van der Waals surface area contributed by atoms with E-state index in [1.165, 1.54) is 22.7 Å². The number of carbonyl (C=O) groups is 2. The van der Waals surface area contributed by atoms with Gasteiger partial charge in [0.25, 0.3) is 5.91 Å². The van der Waals surface area contributed by atoms with Gasteiger partial charge in [-0.15, -0.1) is 0 Å². The maximum atomic E-state index is 12.9. The molecule has 178 valence electrons. The molecule has 11 heteroatoms. The van der Waals surface area contributed by atoms with Gasteiger partial charge in [0.05, 0.1) is 11.8 Å². The Hall–Kier alpha value is -2.14. The second-order valence-corrected chi connectivity index (χ2v) is 10.5. The van der Waals surface area contributed by atoms with E-state index in [4.69, 9.17) is 0 Å². The second-order valence-electron chi connectivity index (χ2n) is 8.48. The third-order valence-corrected chi connectivity index (χ3v) is 7.75. The largest absolute Gasteiger partial charge is 0.416 e. The van der Waals surface area contributed by atoms with Crippen LogP contribution < -0.4 is 0 Å². The maximum absolute atomic E-state index is 12.9. The normalized spacial score (nSPS) is 19.4. The molecule has 32 heavy (non-hydrogen) atoms. The standard InChI is InChI=1S/C21H28F3N3O4S/c1-25(32(2,30)31)18-9-13-27(14-10-18)20(29)16-7-11-26(12-8-16)19(28)15-3-5-17(6-4-15)21(22,23)24/h3-6,16,18H,7-14H2,1-2H3. The number of rotatable bonds is 4. The highest BCUT2D eigenvalue weighted by Gasteiger charge is 2.34. The molecule has 0 aromatic heterocycles. The van der Waals surface area contributed by atoms with Crippen LogP contribution in [0, 0.1) is 5.92 Å². The summed E-state index contributed by atoms with van der Waals surface area (Å²) in [7, 11) is -1.71. The van der Waals surface area contributed by atoms with E-state index in [0.29, 0.717) is 51.9 Å². The zero-order chi connectivity index (χ0) is 23.7. The van der Waals surface area contributed by atoms with Gasteiger partial charge in [0, 0.05) is 50.7 Å². The molecule has 2 heterocycles. The van der Waals surface area contributed by atoms with Crippen molar-refractivity contribution in [2.75, 3.05) is 39.5 Å². The molecule has 0 unspecified atom stereocenters. The fourth-order valence-electron chi connectivity index (χ4n) is 4.29. The summed E-state index contributed by atoms with van der Waals surface area (Å²) in [5.41, 5.74) is -0.607. The first-order chi connectivity index (χ1) is 14.9. The molecule has 0 aliphatic carbocycles. The SMILES string of the molecule is CN(C1CCN(C(=O)C2CCN(C(=O)c3ccc(C(F)(F)F)cc3)CC2)CC1)S(C)(=O)=O. The van der Waals surface area contributed by atoms with Crippen molar-refractivity contribution in [1.29, 1.82) is 0 Å². The number of amides is 2. The van der Waals surface area contributed by atoms with Gasteiger partial charge >= 0.3 is 6.18 Å². The highest BCUT2D eigenvalue weighted by molar-refractivity contribution is 7.88. The Morgan fingerprint density at radius 3 is 1.91 bits per heavy atom. The van der Waals surface area contributed by atoms with Gasteiger partial charge in [-0.1, -0.05) is 0 Å². The van der Waals surface area contributed by atoms with Crippen molar-refractivity contribution in [2.24, 2.45) is 5.92 Å². The Balaban J connectivity index is 1.50. The van der Waals surface area contributed by atoms with Crippen molar-refractivity contribution in [2.45, 2.75) is 37.9 Å². The van der Waals surface area contributed by atoms with Crippen LogP contribution in [-0.4, -0.2) is 79.9 Å². The first-order valence-corrected chi connectivity index (χ1v) is 12.4. The van der Waals surface area contributed by atoms with E-state index >= 15 is 0 Å². The van der Waals surface area contributed by atoms with Gasteiger partial charge in [-0.25, -0.2) is 12.7 Å². The molecule has 0 atom stereocenters. The Labute approximate surface area is 186 Å². The number of hydrogen-bond donors (Lipinski definition) is 0. The fraction of sp³-hybridized carbons (Fsp3) is 0.619. The first-order valence-electron chi connectivity index (χ1n) is 10.6. The zero-order valence-electron chi connectivity index (χ0n) is 18.1. The van der Waals surface area contributed by atoms with E-state index in [-0.39, 0.29) is 29.3 Å². The predicted octanol–water partition coefficient (Wildman–Crippen LogP) is 2.44. The molecule has 2 saturated heterocycles. The summed E-state index contributed by atoms with van der Waals surface area (Å²) in [6, 6.07) is 4.04. The van der Waals surface area contributed by atoms with Crippen molar-refractivity contribution >= 4 is 21.8 Å². The molecule has 7 nitrogen and oxygen atoms in total. The number of halogens is 3. The Morgan fingerprint density at radius 1 is 0.938 bits per heavy atom. The average molecular weight is 476 g/mol. The number of benzene rings is 1. The summed E-state index contributed by atoms with van der Waals surface area (Å²) in [4.78, 5) is 28.8. The predicted molar refractivity (Wildman–Crippen MR) is 112 cm³/mol. The van der Waals surface area contributed by atoms with Gasteiger partial charge in [0.15, 0.2) is 0 Å². The van der Waals surface area contributed by atoms with E-state index in [0.717, 1.165) is 12.1 Å². The zero-order valence-corrected chi connectivity index (χ0v) is 19.0. The van der Waals surface area contributed by atoms with Gasteiger partial charge in [0.2, 0.25) is 15.9 Å². The summed E-state index contributed by atoms with van der Waals surface area (Å²) in [5, 5.41) is 0. The molecule has 1 aromatic rings. The van der Waals surface area contributed by atoms with Crippen LogP contribution >= 0.6 is 0 Å². The van der Waals surface area contributed by atoms with Gasteiger partial charge in [-0.05, 0) is 49.9 Å². The molecule has 1 aromatic carbocycles. The van der Waals surface area contributed by atoms with Gasteiger partial charge in [-0.3, -0.25) is 9.59 Å². The molecule has 0 N–H and O–H groups in total. The van der Waals surface area contributed by atoms with Crippen LogP contribution in [-0.2, 0) is 21.0 Å². The molecule has 3 rings (SSSR count). The van der Waals surface area contributed by atoms with Crippen LogP contribution in [0.5, 0.6) is 0 Å². The monoisotopic (exact) mass is 475 g/mol. The minimum absolute atomic E-state index is 0.0205. The lowest BCUT2D eigenvalue weighted by Gasteiger charge is -2.39. The number of piperidine rings is 2. The first kappa shape index (κ1) is 24.5. The number of likely N-dealkylation sites (tertiary alicyclic amines) is 2. The van der Waals surface area contributed by atoms with Gasteiger partial charge < -0.3 is 9.80 Å². The molecule has 2 aliphatic rings. The average Bonchev–Trinajstić information content (AvgIpc) is 2.76. The Bertz CT molecular complexity index is 934. The van der Waals surface area contributed by atoms with Crippen LogP contribution in [0.25, 0.3) is 0 Å². The smallest absolute Gasteiger partial charge is 0.342 e. The highest BCUT2D eigenvalue weighted by atomic mass is 32.2. The number of carbonyl (C=O) groups excluding carboxylic acids is 2. The second kappa shape index (κ2) is 9.38. The molecule has 2 aliphatic heterocycles. The quantitative estimate of drug-likeness (QED) is 0.670. The van der Waals surface area contributed by atoms with Crippen LogP contribution in [0.1, 0.15) is 41.6 Å². The third-order valence-electron chi connectivity index (χ3n) is 6.40. The number of hydrogen-bond acceptors (Lipinski definition) is 4. The van der Waals surface area contributed by atoms with Crippen LogP contribution in [0.2, 0.25) is 0 Å². The van der Waals surface area contributed by atoms with Crippen molar-refractivity contribution < 1.29 is 31.2 Å². The number of alkyl halides is 3. The number of nitrogens with zero attached hydrogens (tertiary/aromatic N) is 3. The van der Waals surface area contributed by atoms with E-state index in [1.54, 1.807) is 16.8 Å². The minimum atomic E-state index is -4.45. The lowest BCUT2D eigenvalue weighted by molar-refractivity contribution is -0.138. The molecule has 0 saturated carbocycles. The highest BCUT2D eigenvalue weighted by Crippen LogP contribution is 2.30. The minimum Gasteiger partial charge on any atom is -0.342 e. The molecule has 0 bridgehead atoms. The topological polar surface area (TPSA) is 78.0 Å². The summed E-state index contributed by atoms with van der Waals surface area (Å²) >= 11 is 0. The van der Waals surface area contributed by atoms with E-state index in [9.17, 15) is 31.2 Å². The van der Waals surface area contributed by atoms with Crippen molar-refractivity contribution in [3.8, 4) is 0 Å². The molecule has 0 radical (unpaired) electrons. The molecule has 2 fully saturated rings.